The van der Waals surface area contributed by atoms with E-state index in [1.165, 1.54) is 4.57 Å². The van der Waals surface area contributed by atoms with E-state index in [4.69, 9.17) is 11.6 Å². The van der Waals surface area contributed by atoms with Crippen LogP contribution in [0.25, 0.3) is 10.9 Å². The molecular weight excluding hydrogens is 306 g/mol. The summed E-state index contributed by atoms with van der Waals surface area (Å²) < 4.78 is 2.43. The molecule has 0 atom stereocenters. The van der Waals surface area contributed by atoms with Gasteiger partial charge in [-0.05, 0) is 38.0 Å². The van der Waals surface area contributed by atoms with E-state index in [9.17, 15) is 14.4 Å². The molecular formula is C15H16ClN3O3. The van der Waals surface area contributed by atoms with Crippen molar-refractivity contribution >= 4 is 28.4 Å². The van der Waals surface area contributed by atoms with E-state index in [2.05, 4.69) is 5.32 Å². The minimum Gasteiger partial charge on any atom is -0.352 e. The molecule has 1 N–H and O–H groups in total. The minimum absolute atomic E-state index is 0.119. The van der Waals surface area contributed by atoms with Crippen LogP contribution in [0.4, 0.5) is 0 Å². The van der Waals surface area contributed by atoms with Crippen LogP contribution < -0.4 is 16.6 Å². The van der Waals surface area contributed by atoms with Crippen LogP contribution in [0.3, 0.4) is 0 Å². The second-order valence-electron chi connectivity index (χ2n) is 5.42. The van der Waals surface area contributed by atoms with Gasteiger partial charge in [-0.2, -0.15) is 0 Å². The molecule has 0 radical (unpaired) electrons. The molecule has 0 unspecified atom stereocenters. The standard InChI is InChI=1S/C15H16ClN3O3/c1-2-18-14(21)11-6-3-9(16)7-12(11)19(15(18)22)8-13(20)17-10-4-5-10/h3,6-7,10H,2,4-5,8H2,1H3,(H,17,20). The van der Waals surface area contributed by atoms with Crippen LogP contribution in [-0.2, 0) is 17.9 Å². The number of halogens is 1. The van der Waals surface area contributed by atoms with Crippen LogP contribution in [0.1, 0.15) is 19.8 Å². The van der Waals surface area contributed by atoms with Crippen molar-refractivity contribution < 1.29 is 4.79 Å². The van der Waals surface area contributed by atoms with Gasteiger partial charge in [0.15, 0.2) is 0 Å². The predicted molar refractivity (Wildman–Crippen MR) is 84.3 cm³/mol. The summed E-state index contributed by atoms with van der Waals surface area (Å²) in [7, 11) is 0. The lowest BCUT2D eigenvalue weighted by Gasteiger charge is -2.13. The molecule has 0 spiro atoms. The van der Waals surface area contributed by atoms with E-state index in [1.807, 2.05) is 0 Å². The Labute approximate surface area is 131 Å². The third-order valence-electron chi connectivity index (χ3n) is 3.75. The minimum atomic E-state index is -0.492. The molecule has 0 bridgehead atoms. The average Bonchev–Trinajstić information content (AvgIpc) is 3.27. The van der Waals surface area contributed by atoms with Crippen LogP contribution in [0.15, 0.2) is 27.8 Å². The Morgan fingerprint density at radius 2 is 2.05 bits per heavy atom. The van der Waals surface area contributed by atoms with Gasteiger partial charge in [0.2, 0.25) is 5.91 Å². The van der Waals surface area contributed by atoms with Crippen molar-refractivity contribution in [2.45, 2.75) is 38.9 Å². The number of fused-ring (bicyclic) bond motifs is 1. The van der Waals surface area contributed by atoms with Crippen LogP contribution in [0, 0.1) is 0 Å². The highest BCUT2D eigenvalue weighted by atomic mass is 35.5. The first-order valence-electron chi connectivity index (χ1n) is 7.23. The Morgan fingerprint density at radius 1 is 1.32 bits per heavy atom. The largest absolute Gasteiger partial charge is 0.352 e. The van der Waals surface area contributed by atoms with E-state index in [0.717, 1.165) is 17.4 Å². The summed E-state index contributed by atoms with van der Waals surface area (Å²) in [6.07, 6.45) is 1.95. The van der Waals surface area contributed by atoms with Crippen LogP contribution in [0.5, 0.6) is 0 Å². The number of aromatic nitrogens is 2. The molecule has 1 aromatic heterocycles. The number of hydrogen-bond donors (Lipinski definition) is 1. The number of nitrogens with zero attached hydrogens (tertiary/aromatic N) is 2. The molecule has 6 nitrogen and oxygen atoms in total. The SMILES string of the molecule is CCn1c(=O)c2ccc(Cl)cc2n(CC(=O)NC2CC2)c1=O. The average molecular weight is 322 g/mol. The van der Waals surface area contributed by atoms with Gasteiger partial charge in [0.25, 0.3) is 5.56 Å². The quantitative estimate of drug-likeness (QED) is 0.917. The molecule has 0 aliphatic heterocycles. The number of carbonyl (C=O) groups is 1. The Bertz CT molecular complexity index is 865. The lowest BCUT2D eigenvalue weighted by Crippen LogP contribution is -2.42. The summed E-state index contributed by atoms with van der Waals surface area (Å²) >= 11 is 5.98. The van der Waals surface area contributed by atoms with Gasteiger partial charge in [-0.1, -0.05) is 11.6 Å². The maximum atomic E-state index is 12.5. The third kappa shape index (κ3) is 2.66. The molecule has 116 valence electrons. The number of rotatable bonds is 4. The number of benzene rings is 1. The van der Waals surface area contributed by atoms with Gasteiger partial charge in [-0.15, -0.1) is 0 Å². The van der Waals surface area contributed by atoms with Crippen molar-refractivity contribution in [1.82, 2.24) is 14.5 Å². The fourth-order valence-corrected chi connectivity index (χ4v) is 2.63. The zero-order valence-electron chi connectivity index (χ0n) is 12.1. The summed E-state index contributed by atoms with van der Waals surface area (Å²) in [5.74, 6) is -0.229. The molecule has 1 amide bonds. The first-order valence-corrected chi connectivity index (χ1v) is 7.61. The van der Waals surface area contributed by atoms with Gasteiger partial charge in [0.05, 0.1) is 10.9 Å². The summed E-state index contributed by atoms with van der Waals surface area (Å²) in [6.45, 7) is 1.85. The number of amides is 1. The molecule has 1 heterocycles. The first-order chi connectivity index (χ1) is 10.5. The Morgan fingerprint density at radius 3 is 2.68 bits per heavy atom. The second kappa shape index (κ2) is 5.61. The highest BCUT2D eigenvalue weighted by Crippen LogP contribution is 2.19. The Hall–Kier alpha value is -2.08. The number of carbonyl (C=O) groups excluding carboxylic acids is 1. The molecule has 22 heavy (non-hydrogen) atoms. The number of nitrogens with one attached hydrogen (secondary N) is 1. The molecule has 1 aromatic carbocycles. The highest BCUT2D eigenvalue weighted by Gasteiger charge is 2.24. The van der Waals surface area contributed by atoms with Crippen molar-refractivity contribution in [3.8, 4) is 0 Å². The van der Waals surface area contributed by atoms with Crippen molar-refractivity contribution in [2.24, 2.45) is 0 Å². The van der Waals surface area contributed by atoms with Gasteiger partial charge in [0.1, 0.15) is 6.54 Å². The lowest BCUT2D eigenvalue weighted by molar-refractivity contribution is -0.121. The van der Waals surface area contributed by atoms with Gasteiger partial charge in [-0.3, -0.25) is 18.7 Å². The summed E-state index contributed by atoms with van der Waals surface area (Å²) in [5.41, 5.74) is -0.468. The van der Waals surface area contributed by atoms with Gasteiger partial charge in [0, 0.05) is 17.6 Å². The van der Waals surface area contributed by atoms with E-state index in [-0.39, 0.29) is 30.6 Å². The molecule has 1 fully saturated rings. The van der Waals surface area contributed by atoms with Gasteiger partial charge >= 0.3 is 5.69 Å². The Kier molecular flexibility index (Phi) is 3.78. The van der Waals surface area contributed by atoms with E-state index >= 15 is 0 Å². The van der Waals surface area contributed by atoms with Crippen LogP contribution >= 0.6 is 11.6 Å². The van der Waals surface area contributed by atoms with Crippen molar-refractivity contribution in [1.29, 1.82) is 0 Å². The predicted octanol–water partition coefficient (Wildman–Crippen LogP) is 1.12. The normalized spacial score (nSPS) is 14.3. The number of hydrogen-bond acceptors (Lipinski definition) is 3. The highest BCUT2D eigenvalue weighted by molar-refractivity contribution is 6.31. The molecule has 1 aliphatic carbocycles. The maximum Gasteiger partial charge on any atom is 0.331 e. The molecule has 7 heteroatoms. The zero-order valence-corrected chi connectivity index (χ0v) is 12.9. The smallest absolute Gasteiger partial charge is 0.331 e. The van der Waals surface area contributed by atoms with Crippen molar-refractivity contribution in [3.63, 3.8) is 0 Å². The van der Waals surface area contributed by atoms with E-state index < -0.39 is 5.69 Å². The molecule has 3 rings (SSSR count). The fourth-order valence-electron chi connectivity index (χ4n) is 2.47. The molecule has 1 saturated carbocycles. The zero-order chi connectivity index (χ0) is 15.9. The fraction of sp³-hybridized carbons (Fsp3) is 0.400. The molecule has 2 aromatic rings. The Balaban J connectivity index is 2.17. The second-order valence-corrected chi connectivity index (χ2v) is 5.86. The summed E-state index contributed by atoms with van der Waals surface area (Å²) in [5, 5.41) is 3.64. The summed E-state index contributed by atoms with van der Waals surface area (Å²) in [6, 6.07) is 4.95. The molecule has 1 aliphatic rings. The van der Waals surface area contributed by atoms with Gasteiger partial charge in [-0.25, -0.2) is 4.79 Å². The molecule has 0 saturated heterocycles. The van der Waals surface area contributed by atoms with Crippen LogP contribution in [0.2, 0.25) is 5.02 Å². The summed E-state index contributed by atoms with van der Waals surface area (Å²) in [4.78, 5) is 36.8. The van der Waals surface area contributed by atoms with Gasteiger partial charge < -0.3 is 5.32 Å². The maximum absolute atomic E-state index is 12.5. The topological polar surface area (TPSA) is 73.1 Å². The van der Waals surface area contributed by atoms with Crippen molar-refractivity contribution in [2.75, 3.05) is 0 Å². The first kappa shape index (κ1) is 14.8. The van der Waals surface area contributed by atoms with E-state index in [0.29, 0.717) is 15.9 Å². The lowest BCUT2D eigenvalue weighted by atomic mass is 10.2. The van der Waals surface area contributed by atoms with E-state index in [1.54, 1.807) is 25.1 Å². The van der Waals surface area contributed by atoms with Crippen molar-refractivity contribution in [3.05, 3.63) is 44.1 Å². The van der Waals surface area contributed by atoms with Crippen LogP contribution in [-0.4, -0.2) is 21.1 Å². The third-order valence-corrected chi connectivity index (χ3v) is 3.98. The monoisotopic (exact) mass is 321 g/mol.